The Morgan fingerprint density at radius 3 is 2.22 bits per heavy atom. The van der Waals surface area contributed by atoms with Crippen LogP contribution in [0.3, 0.4) is 0 Å². The summed E-state index contributed by atoms with van der Waals surface area (Å²) < 4.78 is 48.3. The van der Waals surface area contributed by atoms with Gasteiger partial charge in [-0.05, 0) is 11.8 Å². The molecule has 104 valence electrons. The number of alkyl halides is 3. The Morgan fingerprint density at radius 1 is 1.17 bits per heavy atom. The van der Waals surface area contributed by atoms with Crippen molar-refractivity contribution >= 4 is 0 Å². The van der Waals surface area contributed by atoms with E-state index in [0.717, 1.165) is 0 Å². The molecule has 3 nitrogen and oxygen atoms in total. The smallest absolute Gasteiger partial charge is 0.440 e. The lowest BCUT2D eigenvalue weighted by Gasteiger charge is -2.08. The summed E-state index contributed by atoms with van der Waals surface area (Å²) in [5, 5.41) is 0. The van der Waals surface area contributed by atoms with Crippen molar-refractivity contribution in [1.29, 1.82) is 0 Å². The predicted molar refractivity (Wildman–Crippen MR) is 60.4 cm³/mol. The molecule has 0 fully saturated rings. The first kappa shape index (κ1) is 14.9. The van der Waals surface area contributed by atoms with Crippen molar-refractivity contribution in [2.45, 2.75) is 40.3 Å². The zero-order chi connectivity index (χ0) is 13.9. The van der Waals surface area contributed by atoms with Gasteiger partial charge in [0.15, 0.2) is 5.89 Å². The Labute approximate surface area is 104 Å². The SMILES string of the molecule is CC(C)COc1oc(CC(C)C)nc1C(F)(F)F. The summed E-state index contributed by atoms with van der Waals surface area (Å²) in [5.74, 6) is -0.171. The van der Waals surface area contributed by atoms with Gasteiger partial charge in [-0.1, -0.05) is 27.7 Å². The number of oxazole rings is 1. The van der Waals surface area contributed by atoms with E-state index in [4.69, 9.17) is 9.15 Å². The monoisotopic (exact) mass is 265 g/mol. The van der Waals surface area contributed by atoms with Crippen LogP contribution in [0.5, 0.6) is 5.95 Å². The van der Waals surface area contributed by atoms with Crippen LogP contribution in [0.25, 0.3) is 0 Å². The molecule has 6 heteroatoms. The summed E-state index contributed by atoms with van der Waals surface area (Å²) in [7, 11) is 0. The van der Waals surface area contributed by atoms with Gasteiger partial charge >= 0.3 is 12.1 Å². The fourth-order valence-corrected chi connectivity index (χ4v) is 1.30. The normalized spacial score (nSPS) is 12.5. The molecule has 1 aromatic heterocycles. The maximum absolute atomic E-state index is 12.7. The van der Waals surface area contributed by atoms with Gasteiger partial charge in [-0.3, -0.25) is 0 Å². The minimum Gasteiger partial charge on any atom is -0.463 e. The van der Waals surface area contributed by atoms with E-state index in [0.29, 0.717) is 6.42 Å². The number of ether oxygens (including phenoxy) is 1. The van der Waals surface area contributed by atoms with Crippen LogP contribution in [-0.4, -0.2) is 11.6 Å². The van der Waals surface area contributed by atoms with Crippen molar-refractivity contribution in [1.82, 2.24) is 4.98 Å². The van der Waals surface area contributed by atoms with Gasteiger partial charge < -0.3 is 9.15 Å². The molecule has 0 atom stereocenters. The first-order chi connectivity index (χ1) is 8.20. The van der Waals surface area contributed by atoms with Gasteiger partial charge in [-0.15, -0.1) is 0 Å². The van der Waals surface area contributed by atoms with E-state index in [1.807, 2.05) is 27.7 Å². The average Bonchev–Trinajstić information content (AvgIpc) is 2.56. The zero-order valence-corrected chi connectivity index (χ0v) is 11.0. The van der Waals surface area contributed by atoms with Gasteiger partial charge in [0, 0.05) is 6.42 Å². The molecule has 0 N–H and O–H groups in total. The number of nitrogens with zero attached hydrogens (tertiary/aromatic N) is 1. The molecule has 0 spiro atoms. The Balaban J connectivity index is 2.94. The molecule has 0 aromatic carbocycles. The van der Waals surface area contributed by atoms with Crippen LogP contribution in [-0.2, 0) is 12.6 Å². The molecule has 1 heterocycles. The Morgan fingerprint density at radius 2 is 1.78 bits per heavy atom. The fraction of sp³-hybridized carbons (Fsp3) is 0.750. The Hall–Kier alpha value is -1.20. The third-order valence-electron chi connectivity index (χ3n) is 2.04. The summed E-state index contributed by atoms with van der Waals surface area (Å²) in [6.45, 7) is 7.62. The predicted octanol–water partition coefficient (Wildman–Crippen LogP) is 3.93. The van der Waals surface area contributed by atoms with E-state index in [1.54, 1.807) is 0 Å². The van der Waals surface area contributed by atoms with Crippen LogP contribution in [0.15, 0.2) is 4.42 Å². The Bertz CT molecular complexity index is 383. The third kappa shape index (κ3) is 4.23. The van der Waals surface area contributed by atoms with E-state index in [1.165, 1.54) is 0 Å². The number of hydrogen-bond donors (Lipinski definition) is 0. The van der Waals surface area contributed by atoms with Crippen LogP contribution in [0, 0.1) is 11.8 Å². The first-order valence-corrected chi connectivity index (χ1v) is 5.89. The maximum atomic E-state index is 12.7. The van der Waals surface area contributed by atoms with Crippen molar-refractivity contribution in [3.8, 4) is 5.95 Å². The second-order valence-electron chi connectivity index (χ2n) is 5.04. The molecule has 0 bridgehead atoms. The molecular weight excluding hydrogens is 247 g/mol. The van der Waals surface area contributed by atoms with E-state index in [9.17, 15) is 13.2 Å². The minimum atomic E-state index is -4.55. The van der Waals surface area contributed by atoms with Crippen molar-refractivity contribution in [3.05, 3.63) is 11.6 Å². The van der Waals surface area contributed by atoms with Crippen LogP contribution in [0.2, 0.25) is 0 Å². The summed E-state index contributed by atoms with van der Waals surface area (Å²) >= 11 is 0. The second-order valence-corrected chi connectivity index (χ2v) is 5.04. The van der Waals surface area contributed by atoms with E-state index < -0.39 is 17.8 Å². The lowest BCUT2D eigenvalue weighted by molar-refractivity contribution is -0.143. The molecule has 0 aliphatic rings. The van der Waals surface area contributed by atoms with Crippen LogP contribution in [0.4, 0.5) is 13.2 Å². The highest BCUT2D eigenvalue weighted by atomic mass is 19.4. The molecular formula is C12H18F3NO2. The van der Waals surface area contributed by atoms with E-state index in [2.05, 4.69) is 4.98 Å². The van der Waals surface area contributed by atoms with Crippen molar-refractivity contribution < 1.29 is 22.3 Å². The summed E-state index contributed by atoms with van der Waals surface area (Å²) in [6.07, 6.45) is -4.20. The lowest BCUT2D eigenvalue weighted by atomic mass is 10.1. The van der Waals surface area contributed by atoms with Gasteiger partial charge in [-0.25, -0.2) is 4.98 Å². The number of hydrogen-bond acceptors (Lipinski definition) is 3. The molecule has 0 saturated heterocycles. The maximum Gasteiger partial charge on any atom is 0.440 e. The molecule has 1 rings (SSSR count). The molecule has 1 aromatic rings. The number of aromatic nitrogens is 1. The van der Waals surface area contributed by atoms with Gasteiger partial charge in [0.05, 0.1) is 6.61 Å². The molecule has 0 amide bonds. The van der Waals surface area contributed by atoms with Gasteiger partial charge in [0.25, 0.3) is 0 Å². The third-order valence-corrected chi connectivity index (χ3v) is 2.04. The molecule has 0 radical (unpaired) electrons. The molecule has 0 aliphatic heterocycles. The highest BCUT2D eigenvalue weighted by Gasteiger charge is 2.40. The topological polar surface area (TPSA) is 35.3 Å². The van der Waals surface area contributed by atoms with Crippen LogP contribution in [0.1, 0.15) is 39.3 Å². The Kier molecular flexibility index (Phi) is 4.65. The summed E-state index contributed by atoms with van der Waals surface area (Å²) in [4.78, 5) is 3.48. The van der Waals surface area contributed by atoms with Gasteiger partial charge in [0.2, 0.25) is 5.69 Å². The van der Waals surface area contributed by atoms with Crippen LogP contribution < -0.4 is 4.74 Å². The lowest BCUT2D eigenvalue weighted by Crippen LogP contribution is -2.11. The summed E-state index contributed by atoms with van der Waals surface area (Å²) in [6, 6.07) is 0. The fourth-order valence-electron chi connectivity index (χ4n) is 1.30. The molecule has 18 heavy (non-hydrogen) atoms. The molecule has 0 unspecified atom stereocenters. The van der Waals surface area contributed by atoms with Gasteiger partial charge in [-0.2, -0.15) is 13.2 Å². The highest BCUT2D eigenvalue weighted by Crippen LogP contribution is 2.36. The largest absolute Gasteiger partial charge is 0.463 e. The van der Waals surface area contributed by atoms with Crippen molar-refractivity contribution in [2.75, 3.05) is 6.61 Å². The first-order valence-electron chi connectivity index (χ1n) is 5.89. The summed E-state index contributed by atoms with van der Waals surface area (Å²) in [5.41, 5.74) is -1.07. The second kappa shape index (κ2) is 5.63. The quantitative estimate of drug-likeness (QED) is 0.809. The van der Waals surface area contributed by atoms with Gasteiger partial charge in [0.1, 0.15) is 0 Å². The number of rotatable bonds is 5. The standard InChI is InChI=1S/C12H18F3NO2/c1-7(2)5-9-16-10(12(13,14)15)11(18-9)17-6-8(3)4/h7-8H,5-6H2,1-4H3. The molecule has 0 saturated carbocycles. The zero-order valence-electron chi connectivity index (χ0n) is 11.0. The minimum absolute atomic E-state index is 0.0658. The van der Waals surface area contributed by atoms with Crippen molar-refractivity contribution in [2.24, 2.45) is 11.8 Å². The average molecular weight is 265 g/mol. The molecule has 0 aliphatic carbocycles. The number of halogens is 3. The van der Waals surface area contributed by atoms with Crippen molar-refractivity contribution in [3.63, 3.8) is 0 Å². The highest BCUT2D eigenvalue weighted by molar-refractivity contribution is 5.19. The van der Waals surface area contributed by atoms with Crippen LogP contribution >= 0.6 is 0 Å². The van der Waals surface area contributed by atoms with E-state index >= 15 is 0 Å². The van der Waals surface area contributed by atoms with E-state index in [-0.39, 0.29) is 24.3 Å².